The molecular formula is C22H26N2O5S. The number of benzene rings is 2. The van der Waals surface area contributed by atoms with Gasteiger partial charge < -0.3 is 14.8 Å². The third-order valence-electron chi connectivity index (χ3n) is 5.38. The Morgan fingerprint density at radius 2 is 1.63 bits per heavy atom. The zero-order valence-electron chi connectivity index (χ0n) is 16.8. The maximum atomic E-state index is 12.7. The molecule has 1 fully saturated rings. The number of carbonyl (C=O) groups excluding carboxylic acids is 1. The molecule has 1 amide bonds. The largest absolute Gasteiger partial charge is 0.486 e. The van der Waals surface area contributed by atoms with Crippen LogP contribution in [0.15, 0.2) is 47.4 Å². The molecule has 0 atom stereocenters. The molecule has 2 aromatic carbocycles. The van der Waals surface area contributed by atoms with Crippen LogP contribution < -0.4 is 14.8 Å². The molecule has 2 heterocycles. The van der Waals surface area contributed by atoms with Crippen molar-refractivity contribution in [1.29, 1.82) is 0 Å². The first-order valence-electron chi connectivity index (χ1n) is 10.3. The highest BCUT2D eigenvalue weighted by molar-refractivity contribution is 7.89. The molecule has 30 heavy (non-hydrogen) atoms. The van der Waals surface area contributed by atoms with E-state index in [9.17, 15) is 13.2 Å². The topological polar surface area (TPSA) is 84.9 Å². The zero-order valence-corrected chi connectivity index (χ0v) is 17.6. The molecule has 4 rings (SSSR count). The molecule has 0 aromatic heterocycles. The summed E-state index contributed by atoms with van der Waals surface area (Å²) in [4.78, 5) is 12.6. The molecule has 1 saturated heterocycles. The first-order valence-corrected chi connectivity index (χ1v) is 11.7. The van der Waals surface area contributed by atoms with E-state index in [1.54, 1.807) is 12.1 Å². The molecule has 0 bridgehead atoms. The van der Waals surface area contributed by atoms with Gasteiger partial charge in [-0.25, -0.2) is 8.42 Å². The van der Waals surface area contributed by atoms with Gasteiger partial charge in [-0.15, -0.1) is 0 Å². The van der Waals surface area contributed by atoms with E-state index < -0.39 is 10.0 Å². The van der Waals surface area contributed by atoms with Gasteiger partial charge in [-0.3, -0.25) is 4.79 Å². The van der Waals surface area contributed by atoms with Crippen LogP contribution >= 0.6 is 0 Å². The van der Waals surface area contributed by atoms with Gasteiger partial charge in [0, 0.05) is 25.2 Å². The number of piperidine rings is 1. The number of ether oxygens (including phenoxy) is 2. The molecule has 1 N–H and O–H groups in total. The second-order valence-corrected chi connectivity index (χ2v) is 9.41. The number of rotatable bonds is 6. The Bertz CT molecular complexity index is 999. The quantitative estimate of drug-likeness (QED) is 0.762. The number of sulfonamides is 1. The van der Waals surface area contributed by atoms with Crippen molar-refractivity contribution in [2.45, 2.75) is 30.6 Å². The van der Waals surface area contributed by atoms with E-state index in [0.29, 0.717) is 44.8 Å². The molecule has 0 saturated carbocycles. The fourth-order valence-corrected chi connectivity index (χ4v) is 5.22. The second-order valence-electron chi connectivity index (χ2n) is 7.47. The maximum Gasteiger partial charge on any atom is 0.251 e. The monoisotopic (exact) mass is 430 g/mol. The minimum atomic E-state index is -3.49. The van der Waals surface area contributed by atoms with E-state index in [-0.39, 0.29) is 10.8 Å². The van der Waals surface area contributed by atoms with Crippen LogP contribution in [0.5, 0.6) is 11.5 Å². The fourth-order valence-electron chi connectivity index (χ4n) is 3.70. The van der Waals surface area contributed by atoms with Gasteiger partial charge in [-0.2, -0.15) is 4.31 Å². The minimum Gasteiger partial charge on any atom is -0.486 e. The molecule has 2 aromatic rings. The summed E-state index contributed by atoms with van der Waals surface area (Å²) >= 11 is 0. The van der Waals surface area contributed by atoms with E-state index in [4.69, 9.17) is 9.47 Å². The lowest BCUT2D eigenvalue weighted by Crippen LogP contribution is -2.35. The Kier molecular flexibility index (Phi) is 6.24. The molecule has 2 aliphatic rings. The van der Waals surface area contributed by atoms with Gasteiger partial charge in [0.15, 0.2) is 11.5 Å². The van der Waals surface area contributed by atoms with Gasteiger partial charge in [-0.05, 0) is 61.2 Å². The Labute approximate surface area is 177 Å². The smallest absolute Gasteiger partial charge is 0.251 e. The van der Waals surface area contributed by atoms with E-state index in [0.717, 1.165) is 36.3 Å². The molecule has 0 unspecified atom stereocenters. The van der Waals surface area contributed by atoms with Crippen LogP contribution in [0.3, 0.4) is 0 Å². The molecular weight excluding hydrogens is 404 g/mol. The van der Waals surface area contributed by atoms with Crippen LogP contribution in [-0.2, 0) is 16.4 Å². The first kappa shape index (κ1) is 20.7. The highest BCUT2D eigenvalue weighted by atomic mass is 32.2. The molecule has 0 radical (unpaired) electrons. The van der Waals surface area contributed by atoms with E-state index >= 15 is 0 Å². The van der Waals surface area contributed by atoms with Gasteiger partial charge in [-0.1, -0.05) is 12.5 Å². The van der Waals surface area contributed by atoms with Crippen molar-refractivity contribution < 1.29 is 22.7 Å². The summed E-state index contributed by atoms with van der Waals surface area (Å²) in [5, 5.41) is 2.88. The van der Waals surface area contributed by atoms with E-state index in [2.05, 4.69) is 5.32 Å². The third kappa shape index (κ3) is 4.60. The number of nitrogens with one attached hydrogen (secondary N) is 1. The van der Waals surface area contributed by atoms with Crippen LogP contribution in [-0.4, -0.2) is 51.5 Å². The van der Waals surface area contributed by atoms with Crippen LogP contribution in [0.4, 0.5) is 0 Å². The Balaban J connectivity index is 1.33. The van der Waals surface area contributed by atoms with Crippen molar-refractivity contribution in [3.05, 3.63) is 53.6 Å². The van der Waals surface area contributed by atoms with Crippen LogP contribution in [0.25, 0.3) is 0 Å². The molecule has 2 aliphatic heterocycles. The number of fused-ring (bicyclic) bond motifs is 1. The molecule has 0 aliphatic carbocycles. The van der Waals surface area contributed by atoms with Crippen molar-refractivity contribution >= 4 is 15.9 Å². The maximum absolute atomic E-state index is 12.7. The lowest BCUT2D eigenvalue weighted by molar-refractivity contribution is 0.0954. The average Bonchev–Trinajstić information content (AvgIpc) is 2.79. The Morgan fingerprint density at radius 3 is 2.37 bits per heavy atom. The van der Waals surface area contributed by atoms with Crippen molar-refractivity contribution in [2.24, 2.45) is 0 Å². The molecule has 0 spiro atoms. The fraction of sp³-hybridized carbons (Fsp3) is 0.409. The van der Waals surface area contributed by atoms with Gasteiger partial charge in [0.05, 0.1) is 4.90 Å². The van der Waals surface area contributed by atoms with Gasteiger partial charge in [0.1, 0.15) is 13.2 Å². The van der Waals surface area contributed by atoms with Crippen molar-refractivity contribution in [2.75, 3.05) is 32.8 Å². The number of hydrogen-bond acceptors (Lipinski definition) is 5. The SMILES string of the molecule is O=C(NCCc1ccc2c(c1)OCCO2)c1ccc(S(=O)(=O)N2CCCCC2)cc1. The highest BCUT2D eigenvalue weighted by Gasteiger charge is 2.25. The number of hydrogen-bond donors (Lipinski definition) is 1. The van der Waals surface area contributed by atoms with E-state index in [1.807, 2.05) is 18.2 Å². The second kappa shape index (κ2) is 9.06. The normalized spacial score (nSPS) is 16.8. The third-order valence-corrected chi connectivity index (χ3v) is 7.29. The number of amides is 1. The summed E-state index contributed by atoms with van der Waals surface area (Å²) in [6.07, 6.45) is 3.51. The Hall–Kier alpha value is -2.58. The predicted octanol–water partition coefficient (Wildman–Crippen LogP) is 2.60. The predicted molar refractivity (Wildman–Crippen MR) is 113 cm³/mol. The average molecular weight is 431 g/mol. The summed E-state index contributed by atoms with van der Waals surface area (Å²) in [5.74, 6) is 1.25. The van der Waals surface area contributed by atoms with Crippen LogP contribution in [0, 0.1) is 0 Å². The first-order chi connectivity index (χ1) is 14.5. The highest BCUT2D eigenvalue weighted by Crippen LogP contribution is 2.30. The molecule has 7 nitrogen and oxygen atoms in total. The van der Waals surface area contributed by atoms with Crippen molar-refractivity contribution in [3.8, 4) is 11.5 Å². The van der Waals surface area contributed by atoms with Gasteiger partial charge in [0.25, 0.3) is 5.91 Å². The standard InChI is InChI=1S/C22H26N2O5S/c25-22(23-11-10-17-4-9-20-21(16-17)29-15-14-28-20)18-5-7-19(8-6-18)30(26,27)24-12-2-1-3-13-24/h4-9,16H,1-3,10-15H2,(H,23,25). The van der Waals surface area contributed by atoms with Crippen LogP contribution in [0.1, 0.15) is 35.2 Å². The van der Waals surface area contributed by atoms with Crippen molar-refractivity contribution in [3.63, 3.8) is 0 Å². The lowest BCUT2D eigenvalue weighted by Gasteiger charge is -2.25. The summed E-state index contributed by atoms with van der Waals surface area (Å²) in [6, 6.07) is 11.9. The summed E-state index contributed by atoms with van der Waals surface area (Å²) < 4.78 is 38.0. The summed E-state index contributed by atoms with van der Waals surface area (Å²) in [7, 11) is -3.49. The minimum absolute atomic E-state index is 0.227. The Morgan fingerprint density at radius 1 is 0.933 bits per heavy atom. The van der Waals surface area contributed by atoms with Gasteiger partial charge in [0.2, 0.25) is 10.0 Å². The number of carbonyl (C=O) groups is 1. The number of nitrogens with zero attached hydrogens (tertiary/aromatic N) is 1. The lowest BCUT2D eigenvalue weighted by atomic mass is 10.1. The molecule has 160 valence electrons. The van der Waals surface area contributed by atoms with Crippen LogP contribution in [0.2, 0.25) is 0 Å². The zero-order chi connectivity index (χ0) is 21.0. The van der Waals surface area contributed by atoms with Gasteiger partial charge >= 0.3 is 0 Å². The molecule has 8 heteroatoms. The van der Waals surface area contributed by atoms with Crippen molar-refractivity contribution in [1.82, 2.24) is 9.62 Å². The summed E-state index contributed by atoms with van der Waals surface area (Å²) in [6.45, 7) is 2.68. The summed E-state index contributed by atoms with van der Waals surface area (Å²) in [5.41, 5.74) is 1.48. The van der Waals surface area contributed by atoms with E-state index in [1.165, 1.54) is 16.4 Å².